The summed E-state index contributed by atoms with van der Waals surface area (Å²) in [6.45, 7) is 6.02. The van der Waals surface area contributed by atoms with E-state index in [0.717, 1.165) is 52.7 Å². The zero-order valence-corrected chi connectivity index (χ0v) is 36.3. The van der Waals surface area contributed by atoms with E-state index in [2.05, 4.69) is 9.97 Å². The van der Waals surface area contributed by atoms with Crippen molar-refractivity contribution in [3.8, 4) is 17.2 Å². The van der Waals surface area contributed by atoms with Gasteiger partial charge in [0.1, 0.15) is 34.9 Å². The summed E-state index contributed by atoms with van der Waals surface area (Å²) >= 11 is 12.2. The second kappa shape index (κ2) is 21.8. The topological polar surface area (TPSA) is 174 Å². The van der Waals surface area contributed by atoms with E-state index in [4.69, 9.17) is 38.0 Å². The van der Waals surface area contributed by atoms with Gasteiger partial charge in [-0.1, -0.05) is 83.4 Å². The molecule has 12 nitrogen and oxygen atoms in total. The smallest absolute Gasteiger partial charge is 0.488 e. The number of ether oxygens (including phenoxy) is 1. The summed E-state index contributed by atoms with van der Waals surface area (Å²) < 4.78 is 6.00. The molecule has 0 saturated carbocycles. The first-order valence-corrected chi connectivity index (χ1v) is 21.1. The number of amides is 2. The van der Waals surface area contributed by atoms with E-state index in [1.165, 1.54) is 12.3 Å². The lowest BCUT2D eigenvalue weighted by Crippen LogP contribution is -2.31. The Morgan fingerprint density at radius 3 is 1.83 bits per heavy atom. The molecule has 63 heavy (non-hydrogen) atoms. The summed E-state index contributed by atoms with van der Waals surface area (Å²) in [5.41, 5.74) is 6.21. The molecule has 15 heteroatoms. The van der Waals surface area contributed by atoms with Gasteiger partial charge in [0.2, 0.25) is 0 Å². The number of aryl methyl sites for hydroxylation is 2. The number of aliphatic hydroxyl groups is 1. The number of hydrogen-bond donors (Lipinski definition) is 4. The number of rotatable bonds is 9. The second-order valence-corrected chi connectivity index (χ2v) is 16.0. The third-order valence-corrected chi connectivity index (χ3v) is 11.6. The second-order valence-electron chi connectivity index (χ2n) is 15.2. The van der Waals surface area contributed by atoms with Crippen LogP contribution < -0.4 is 10.2 Å². The molecular weight excluding hydrogens is 842 g/mol. The minimum absolute atomic E-state index is 0.0575. The summed E-state index contributed by atoms with van der Waals surface area (Å²) in [7, 11) is -1.35. The Bertz CT molecular complexity index is 2560. The van der Waals surface area contributed by atoms with Gasteiger partial charge in [-0.3, -0.25) is 14.4 Å². The van der Waals surface area contributed by atoms with Crippen molar-refractivity contribution in [1.29, 1.82) is 0 Å². The average Bonchev–Trinajstić information content (AvgIpc) is 3.99. The molecule has 2 aliphatic rings. The quantitative estimate of drug-likeness (QED) is 0.0841. The van der Waals surface area contributed by atoms with Gasteiger partial charge in [-0.05, 0) is 109 Å². The fourth-order valence-corrected chi connectivity index (χ4v) is 8.08. The van der Waals surface area contributed by atoms with E-state index >= 15 is 0 Å². The van der Waals surface area contributed by atoms with Crippen molar-refractivity contribution in [2.75, 3.05) is 26.2 Å². The number of aldehydes is 1. The molecule has 4 N–H and O–H groups in total. The first-order valence-electron chi connectivity index (χ1n) is 20.3. The van der Waals surface area contributed by atoms with Gasteiger partial charge in [-0.25, -0.2) is 9.97 Å². The van der Waals surface area contributed by atoms with Crippen LogP contribution in [0.5, 0.6) is 17.2 Å². The Balaban J connectivity index is 0.000000176. The molecule has 0 bridgehead atoms. The van der Waals surface area contributed by atoms with Crippen LogP contribution in [-0.2, 0) is 6.61 Å². The highest BCUT2D eigenvalue weighted by molar-refractivity contribution is 6.59. The van der Waals surface area contributed by atoms with Crippen LogP contribution in [0, 0.1) is 13.8 Å². The van der Waals surface area contributed by atoms with Crippen LogP contribution in [0.15, 0.2) is 122 Å². The maximum atomic E-state index is 12.8. The summed E-state index contributed by atoms with van der Waals surface area (Å²) in [5, 5.41) is 37.6. The zero-order valence-electron chi connectivity index (χ0n) is 34.8. The molecule has 324 valence electrons. The number of aromatic hydroxyl groups is 1. The summed E-state index contributed by atoms with van der Waals surface area (Å²) in [4.78, 5) is 48.2. The fourth-order valence-electron chi connectivity index (χ4n) is 7.67. The van der Waals surface area contributed by atoms with Gasteiger partial charge in [-0.2, -0.15) is 0 Å². The van der Waals surface area contributed by atoms with Crippen molar-refractivity contribution < 1.29 is 39.4 Å². The normalized spacial score (nSPS) is 15.4. The predicted octanol–water partition coefficient (Wildman–Crippen LogP) is 7.52. The van der Waals surface area contributed by atoms with Crippen LogP contribution in [0.2, 0.25) is 10.0 Å². The van der Waals surface area contributed by atoms with Crippen molar-refractivity contribution in [1.82, 2.24) is 19.8 Å². The van der Waals surface area contributed by atoms with E-state index in [0.29, 0.717) is 53.0 Å². The van der Waals surface area contributed by atoms with Gasteiger partial charge in [0.25, 0.3) is 11.8 Å². The Kier molecular flexibility index (Phi) is 16.1. The van der Waals surface area contributed by atoms with Crippen molar-refractivity contribution in [2.24, 2.45) is 0 Å². The molecule has 8 rings (SSSR count). The van der Waals surface area contributed by atoms with Crippen molar-refractivity contribution >= 4 is 53.9 Å². The van der Waals surface area contributed by atoms with Crippen LogP contribution in [0.4, 0.5) is 0 Å². The number of phenolic OH excluding ortho intramolecular Hbond substituents is 1. The van der Waals surface area contributed by atoms with E-state index in [1.807, 2.05) is 68.4 Å². The van der Waals surface area contributed by atoms with Gasteiger partial charge in [0.15, 0.2) is 0 Å². The molecule has 2 fully saturated rings. The number of benzene rings is 4. The largest absolute Gasteiger partial charge is 0.508 e. The lowest BCUT2D eigenvalue weighted by Gasteiger charge is -2.19. The van der Waals surface area contributed by atoms with Gasteiger partial charge in [0, 0.05) is 56.0 Å². The molecule has 0 radical (unpaired) electrons. The minimum Gasteiger partial charge on any atom is -0.508 e. The van der Waals surface area contributed by atoms with Gasteiger partial charge < -0.3 is 34.8 Å². The Morgan fingerprint density at radius 1 is 0.746 bits per heavy atom. The van der Waals surface area contributed by atoms with Crippen molar-refractivity contribution in [3.63, 3.8) is 0 Å². The molecule has 2 aliphatic heterocycles. The number of para-hydroxylation sites is 1. The number of hydrogen-bond acceptors (Lipinski definition) is 10. The Morgan fingerprint density at radius 2 is 1.30 bits per heavy atom. The molecule has 2 atom stereocenters. The number of likely N-dealkylation sites (tertiary alicyclic amines) is 2. The highest BCUT2D eigenvalue weighted by Gasteiger charge is 2.32. The number of phenols is 1. The minimum atomic E-state index is -1.35. The molecule has 4 heterocycles. The zero-order chi connectivity index (χ0) is 45.0. The summed E-state index contributed by atoms with van der Waals surface area (Å²) in [6.07, 6.45) is 5.42. The van der Waals surface area contributed by atoms with E-state index in [-0.39, 0.29) is 47.4 Å². The van der Waals surface area contributed by atoms with Gasteiger partial charge in [-0.15, -0.1) is 0 Å². The third-order valence-electron chi connectivity index (χ3n) is 11.0. The number of carbonyl (C=O) groups excluding carboxylic acids is 3. The Labute approximate surface area is 376 Å². The van der Waals surface area contributed by atoms with Crippen molar-refractivity contribution in [2.45, 2.75) is 45.1 Å². The first kappa shape index (κ1) is 46.4. The van der Waals surface area contributed by atoms with E-state index < -0.39 is 7.12 Å². The number of halogens is 2. The number of nitrogens with zero attached hydrogens (tertiary/aromatic N) is 4. The molecule has 0 spiro atoms. The van der Waals surface area contributed by atoms with Crippen LogP contribution in [-0.4, -0.2) is 91.4 Å². The first-order chi connectivity index (χ1) is 30.4. The monoisotopic (exact) mass is 888 g/mol. The van der Waals surface area contributed by atoms with Crippen LogP contribution >= 0.6 is 23.2 Å². The maximum absolute atomic E-state index is 12.8. The molecule has 2 saturated heterocycles. The highest BCUT2D eigenvalue weighted by atomic mass is 35.5. The standard InChI is InChI=1S/C24H23ClN2O3.C17H15ClN2O3.C7H9BO2/c1-16-5-2-3-7-22(16)30-19-8-9-20(18(13-19)15-28)17-10-12-27(14-17)24(29)23-21(25)6-4-11-26-23;18-15-2-1-6-19-16(15)17(23)20-7-5-11(9-20)14-4-3-13(22)8-12(14)10-21;1-6-4-2-3-5-7(6)8(9)10/h2-9,11,13,17,28H,10,12,14-15H2,1H3;1-4,6,8,10-11,22H,5,7,9H2;2-5,9-10H,1H3. The number of carbonyl (C=O) groups is 3. The summed E-state index contributed by atoms with van der Waals surface area (Å²) in [5.74, 6) is 1.37. The van der Waals surface area contributed by atoms with Crippen LogP contribution in [0.25, 0.3) is 0 Å². The molecule has 2 amide bonds. The number of pyridine rings is 2. The fraction of sp³-hybridized carbons (Fsp3) is 0.229. The lowest BCUT2D eigenvalue weighted by molar-refractivity contribution is 0.0777. The molecular formula is C48H47BCl2N4O8. The van der Waals surface area contributed by atoms with E-state index in [1.54, 1.807) is 64.5 Å². The lowest BCUT2D eigenvalue weighted by atomic mass is 9.77. The van der Waals surface area contributed by atoms with Crippen molar-refractivity contribution in [3.05, 3.63) is 176 Å². The Hall–Kier alpha value is -6.09. The molecule has 2 aromatic heterocycles. The van der Waals surface area contributed by atoms with E-state index in [9.17, 15) is 24.6 Å². The average molecular weight is 890 g/mol. The highest BCUT2D eigenvalue weighted by Crippen LogP contribution is 2.35. The summed E-state index contributed by atoms with van der Waals surface area (Å²) in [6, 6.07) is 32.2. The number of aliphatic hydroxyl groups excluding tert-OH is 1. The van der Waals surface area contributed by atoms with Gasteiger partial charge in [0.05, 0.1) is 16.7 Å². The molecule has 6 aromatic rings. The molecule has 4 aromatic carbocycles. The predicted molar refractivity (Wildman–Crippen MR) is 243 cm³/mol. The van der Waals surface area contributed by atoms with Crippen LogP contribution in [0.3, 0.4) is 0 Å². The molecule has 2 unspecified atom stereocenters. The maximum Gasteiger partial charge on any atom is 0.488 e. The molecule has 0 aliphatic carbocycles. The third kappa shape index (κ3) is 11.7. The number of aromatic nitrogens is 2. The van der Waals surface area contributed by atoms with Crippen LogP contribution in [0.1, 0.15) is 83.8 Å². The SMILES string of the molecule is Cc1ccccc1B(O)O.Cc1ccccc1Oc1ccc(C2CCN(C(=O)c3ncccc3Cl)C2)c(CO)c1.O=Cc1cc(O)ccc1C1CCN(C(=O)c2ncccc2Cl)C1. The van der Waals surface area contributed by atoms with Gasteiger partial charge >= 0.3 is 7.12 Å².